The van der Waals surface area contributed by atoms with Gasteiger partial charge in [-0.2, -0.15) is 9.82 Å². The molecule has 1 heterocycles. The number of amidine groups is 1. The first-order chi connectivity index (χ1) is 8.83. The van der Waals surface area contributed by atoms with Crippen molar-refractivity contribution in [2.45, 2.75) is 30.8 Å². The highest BCUT2D eigenvalue weighted by atomic mass is 35.5. The van der Waals surface area contributed by atoms with Gasteiger partial charge in [-0.3, -0.25) is 4.68 Å². The Morgan fingerprint density at radius 3 is 2.79 bits per heavy atom. The molecule has 0 saturated heterocycles. The van der Waals surface area contributed by atoms with E-state index < -0.39 is 16.1 Å². The number of rotatable bonds is 6. The van der Waals surface area contributed by atoms with Crippen LogP contribution in [0.3, 0.4) is 0 Å². The fraction of sp³-hybridized carbons (Fsp3) is 0.556. The highest BCUT2D eigenvalue weighted by Gasteiger charge is 2.27. The number of aromatic nitrogens is 2. The lowest BCUT2D eigenvalue weighted by molar-refractivity contribution is 0.315. The van der Waals surface area contributed by atoms with E-state index in [1.54, 1.807) is 0 Å². The molecule has 0 aliphatic carbocycles. The smallest absolute Gasteiger partial charge is 0.259 e. The summed E-state index contributed by atoms with van der Waals surface area (Å²) in [4.78, 5) is 0. The number of nitrogens with one attached hydrogen (secondary N) is 1. The van der Waals surface area contributed by atoms with Gasteiger partial charge in [0.25, 0.3) is 10.0 Å². The zero-order chi connectivity index (χ0) is 14.6. The Morgan fingerprint density at radius 2 is 2.37 bits per heavy atom. The third-order valence-electron chi connectivity index (χ3n) is 2.44. The molecule has 0 spiro atoms. The van der Waals surface area contributed by atoms with Gasteiger partial charge in [0.05, 0.1) is 17.3 Å². The van der Waals surface area contributed by atoms with Gasteiger partial charge in [0.2, 0.25) is 0 Å². The molecule has 4 N–H and O–H groups in total. The second-order valence-corrected chi connectivity index (χ2v) is 5.95. The van der Waals surface area contributed by atoms with Crippen molar-refractivity contribution in [1.82, 2.24) is 14.5 Å². The Labute approximate surface area is 116 Å². The van der Waals surface area contributed by atoms with Crippen LogP contribution in [0, 0.1) is 0 Å². The number of nitrogens with two attached hydrogens (primary N) is 1. The molecule has 0 saturated carbocycles. The number of halogens is 1. The average Bonchev–Trinajstić information content (AvgIpc) is 2.67. The molecule has 0 fully saturated rings. The first-order valence-electron chi connectivity index (χ1n) is 5.50. The fourth-order valence-electron chi connectivity index (χ4n) is 1.57. The van der Waals surface area contributed by atoms with Crippen molar-refractivity contribution in [3.05, 3.63) is 11.2 Å². The number of nitrogens with zero attached hydrogens (tertiary/aromatic N) is 3. The van der Waals surface area contributed by atoms with Gasteiger partial charge in [-0.15, -0.1) is 0 Å². The highest BCUT2D eigenvalue weighted by Crippen LogP contribution is 2.20. The van der Waals surface area contributed by atoms with Crippen LogP contribution in [0.2, 0.25) is 5.02 Å². The quantitative estimate of drug-likeness (QED) is 0.301. The topological polar surface area (TPSA) is 123 Å². The summed E-state index contributed by atoms with van der Waals surface area (Å²) in [6.07, 6.45) is 2.28. The van der Waals surface area contributed by atoms with Crippen molar-refractivity contribution in [3.63, 3.8) is 0 Å². The third kappa shape index (κ3) is 3.58. The first-order valence-corrected chi connectivity index (χ1v) is 7.36. The number of aryl methyl sites for hydroxylation is 1. The number of hydrogen-bond acceptors (Lipinski definition) is 5. The van der Waals surface area contributed by atoms with Gasteiger partial charge in [0.15, 0.2) is 10.9 Å². The van der Waals surface area contributed by atoms with E-state index in [9.17, 15) is 8.42 Å². The Morgan fingerprint density at radius 1 is 1.74 bits per heavy atom. The van der Waals surface area contributed by atoms with E-state index in [-0.39, 0.29) is 15.9 Å². The van der Waals surface area contributed by atoms with E-state index in [2.05, 4.69) is 15.0 Å². The summed E-state index contributed by atoms with van der Waals surface area (Å²) in [5, 5.41) is 15.1. The van der Waals surface area contributed by atoms with Crippen LogP contribution in [0.4, 0.5) is 0 Å². The molecule has 0 radical (unpaired) electrons. The van der Waals surface area contributed by atoms with Gasteiger partial charge in [0, 0.05) is 7.05 Å². The minimum Gasteiger partial charge on any atom is -0.409 e. The molecule has 19 heavy (non-hydrogen) atoms. The lowest BCUT2D eigenvalue weighted by Crippen LogP contribution is -2.44. The van der Waals surface area contributed by atoms with E-state index in [1.165, 1.54) is 13.2 Å². The Bertz CT molecular complexity index is 549. The minimum absolute atomic E-state index is 0.00440. The molecule has 1 aromatic heterocycles. The Balaban J connectivity index is 3.08. The predicted octanol–water partition coefficient (Wildman–Crippen LogP) is 0.267. The molecule has 1 aromatic rings. The molecule has 1 unspecified atom stereocenters. The molecule has 10 heteroatoms. The van der Waals surface area contributed by atoms with Crippen molar-refractivity contribution in [2.24, 2.45) is 17.9 Å². The predicted molar refractivity (Wildman–Crippen MR) is 70.6 cm³/mol. The van der Waals surface area contributed by atoms with Crippen molar-refractivity contribution in [3.8, 4) is 0 Å². The number of oxime groups is 1. The van der Waals surface area contributed by atoms with Gasteiger partial charge in [-0.25, -0.2) is 8.42 Å². The van der Waals surface area contributed by atoms with Crippen LogP contribution >= 0.6 is 11.6 Å². The fourth-order valence-corrected chi connectivity index (χ4v) is 3.47. The molecular weight excluding hydrogens is 294 g/mol. The van der Waals surface area contributed by atoms with E-state index in [4.69, 9.17) is 22.5 Å². The summed E-state index contributed by atoms with van der Waals surface area (Å²) in [5.41, 5.74) is 5.46. The lowest BCUT2D eigenvalue weighted by Gasteiger charge is -2.16. The maximum absolute atomic E-state index is 12.2. The maximum atomic E-state index is 12.2. The molecule has 0 aliphatic heterocycles. The Kier molecular flexibility index (Phi) is 5.15. The van der Waals surface area contributed by atoms with E-state index in [0.29, 0.717) is 12.8 Å². The van der Waals surface area contributed by atoms with Crippen LogP contribution in [0.5, 0.6) is 0 Å². The second-order valence-electron chi connectivity index (χ2n) is 3.91. The maximum Gasteiger partial charge on any atom is 0.259 e. The molecule has 108 valence electrons. The van der Waals surface area contributed by atoms with Crippen molar-refractivity contribution >= 4 is 27.5 Å². The van der Waals surface area contributed by atoms with Gasteiger partial charge >= 0.3 is 0 Å². The largest absolute Gasteiger partial charge is 0.409 e. The average molecular weight is 310 g/mol. The summed E-state index contributed by atoms with van der Waals surface area (Å²) in [5.74, 6) is -0.205. The lowest BCUT2D eigenvalue weighted by atomic mass is 10.2. The van der Waals surface area contributed by atoms with Crippen molar-refractivity contribution < 1.29 is 13.6 Å². The van der Waals surface area contributed by atoms with E-state index in [1.807, 2.05) is 6.92 Å². The summed E-state index contributed by atoms with van der Waals surface area (Å²) in [7, 11) is -2.45. The zero-order valence-corrected chi connectivity index (χ0v) is 12.1. The minimum atomic E-state index is -3.91. The highest BCUT2D eigenvalue weighted by molar-refractivity contribution is 7.89. The summed E-state index contributed by atoms with van der Waals surface area (Å²) >= 11 is 5.79. The molecular formula is C9H16ClN5O3S. The monoisotopic (exact) mass is 309 g/mol. The number of sulfonamides is 1. The first kappa shape index (κ1) is 15.7. The van der Waals surface area contributed by atoms with Crippen molar-refractivity contribution in [1.29, 1.82) is 0 Å². The van der Waals surface area contributed by atoms with Crippen LogP contribution in [0.25, 0.3) is 0 Å². The van der Waals surface area contributed by atoms with E-state index in [0.717, 1.165) is 4.68 Å². The summed E-state index contributed by atoms with van der Waals surface area (Å²) in [6.45, 7) is 1.85. The summed E-state index contributed by atoms with van der Waals surface area (Å²) < 4.78 is 27.9. The Hall–Kier alpha value is -1.32. The van der Waals surface area contributed by atoms with Crippen LogP contribution < -0.4 is 10.5 Å². The molecule has 1 rings (SSSR count). The number of hydrogen-bond donors (Lipinski definition) is 3. The molecule has 0 aliphatic rings. The molecule has 0 amide bonds. The molecule has 1 atom stereocenters. The van der Waals surface area contributed by atoms with Crippen LogP contribution in [0.1, 0.15) is 19.8 Å². The zero-order valence-electron chi connectivity index (χ0n) is 10.5. The molecule has 0 bridgehead atoms. The van der Waals surface area contributed by atoms with Crippen LogP contribution in [0.15, 0.2) is 16.4 Å². The standard InChI is InChI=1S/C9H16ClN5O3S/c1-3-4-7(8(11)13-16)14-19(17,18)9-6(10)5-12-15(9)2/h5,7,14,16H,3-4H2,1-2H3,(H2,11,13). The molecule has 8 nitrogen and oxygen atoms in total. The second kappa shape index (κ2) is 6.22. The van der Waals surface area contributed by atoms with Gasteiger partial charge in [-0.1, -0.05) is 30.1 Å². The molecule has 0 aromatic carbocycles. The van der Waals surface area contributed by atoms with Gasteiger partial charge in [-0.05, 0) is 6.42 Å². The van der Waals surface area contributed by atoms with Crippen molar-refractivity contribution in [2.75, 3.05) is 0 Å². The SMILES string of the molecule is CCCC(NS(=O)(=O)c1c(Cl)cnn1C)C(N)=NO. The van der Waals surface area contributed by atoms with Crippen LogP contribution in [-0.2, 0) is 17.1 Å². The normalized spacial score (nSPS) is 14.6. The van der Waals surface area contributed by atoms with Crippen LogP contribution in [-0.4, -0.2) is 35.3 Å². The van der Waals surface area contributed by atoms with Gasteiger partial charge in [0.1, 0.15) is 0 Å². The van der Waals surface area contributed by atoms with E-state index >= 15 is 0 Å². The van der Waals surface area contributed by atoms with Gasteiger partial charge < -0.3 is 10.9 Å². The summed E-state index contributed by atoms with van der Waals surface area (Å²) in [6, 6.07) is -0.800. The third-order valence-corrected chi connectivity index (χ3v) is 4.42.